The van der Waals surface area contributed by atoms with Crippen LogP contribution in [-0.2, 0) is 24.2 Å². The maximum atomic E-state index is 13.1. The third kappa shape index (κ3) is 3.99. The third-order valence-corrected chi connectivity index (χ3v) is 6.98. The first-order chi connectivity index (χ1) is 14.0. The summed E-state index contributed by atoms with van der Waals surface area (Å²) in [5, 5.41) is 3.78. The van der Waals surface area contributed by atoms with Crippen LogP contribution in [-0.4, -0.2) is 15.5 Å². The zero-order valence-corrected chi connectivity index (χ0v) is 18.0. The van der Waals surface area contributed by atoms with E-state index in [0.29, 0.717) is 5.92 Å². The van der Waals surface area contributed by atoms with Gasteiger partial charge in [0.05, 0.1) is 17.8 Å². The van der Waals surface area contributed by atoms with E-state index < -0.39 is 0 Å². The number of hydrogen-bond acceptors (Lipinski definition) is 4. The summed E-state index contributed by atoms with van der Waals surface area (Å²) >= 11 is 1.63. The fraction of sp³-hybridized carbons (Fsp3) is 0.435. The Balaban J connectivity index is 1.55. The SMILES string of the molecule is CC[C@@H](NC(=O)Cn1cnc2sc3c(c2c1=O)CC[C@H](C)C3)c1ccc(C)cc1. The fourth-order valence-electron chi connectivity index (χ4n) is 4.09. The molecule has 0 aliphatic heterocycles. The van der Waals surface area contributed by atoms with Gasteiger partial charge in [-0.15, -0.1) is 11.3 Å². The van der Waals surface area contributed by atoms with Gasteiger partial charge in [0, 0.05) is 4.88 Å². The summed E-state index contributed by atoms with van der Waals surface area (Å²) in [5.41, 5.74) is 3.32. The predicted octanol–water partition coefficient (Wildman–Crippen LogP) is 4.16. The molecule has 29 heavy (non-hydrogen) atoms. The molecule has 3 aromatic rings. The first kappa shape index (κ1) is 19.8. The standard InChI is InChI=1S/C23H27N3O2S/c1-4-18(16-8-5-14(2)6-9-16)25-20(27)12-26-13-24-22-21(23(26)28)17-10-7-15(3)11-19(17)29-22/h5-6,8-9,13,15,18H,4,7,10-12H2,1-3H3,(H,25,27)/t15-,18+/m0/s1. The molecule has 2 heterocycles. The summed E-state index contributed by atoms with van der Waals surface area (Å²) in [6.07, 6.45) is 5.35. The van der Waals surface area contributed by atoms with Gasteiger partial charge in [-0.1, -0.05) is 43.7 Å². The molecule has 1 aromatic carbocycles. The van der Waals surface area contributed by atoms with Gasteiger partial charge in [0.2, 0.25) is 5.91 Å². The van der Waals surface area contributed by atoms with E-state index in [1.165, 1.54) is 21.3 Å². The summed E-state index contributed by atoms with van der Waals surface area (Å²) in [4.78, 5) is 32.4. The first-order valence-electron chi connectivity index (χ1n) is 10.3. The van der Waals surface area contributed by atoms with Crippen LogP contribution in [0.5, 0.6) is 0 Å². The predicted molar refractivity (Wildman–Crippen MR) is 117 cm³/mol. The van der Waals surface area contributed by atoms with E-state index in [-0.39, 0.29) is 24.1 Å². The highest BCUT2D eigenvalue weighted by Gasteiger charge is 2.23. The number of benzene rings is 1. The van der Waals surface area contributed by atoms with Gasteiger partial charge in [-0.2, -0.15) is 0 Å². The minimum Gasteiger partial charge on any atom is -0.348 e. The highest BCUT2D eigenvalue weighted by atomic mass is 32.1. The lowest BCUT2D eigenvalue weighted by Gasteiger charge is -2.18. The summed E-state index contributed by atoms with van der Waals surface area (Å²) in [6, 6.07) is 8.12. The molecule has 0 saturated carbocycles. The topological polar surface area (TPSA) is 64.0 Å². The lowest BCUT2D eigenvalue weighted by molar-refractivity contribution is -0.122. The number of hydrogen-bond donors (Lipinski definition) is 1. The van der Waals surface area contributed by atoms with Crippen molar-refractivity contribution in [2.75, 3.05) is 0 Å². The molecule has 0 saturated heterocycles. The Bertz CT molecular complexity index is 1100. The lowest BCUT2D eigenvalue weighted by Crippen LogP contribution is -2.34. The van der Waals surface area contributed by atoms with Crippen molar-refractivity contribution in [3.63, 3.8) is 0 Å². The van der Waals surface area contributed by atoms with Crippen molar-refractivity contribution in [1.29, 1.82) is 0 Å². The van der Waals surface area contributed by atoms with Crippen LogP contribution >= 0.6 is 11.3 Å². The Labute approximate surface area is 174 Å². The van der Waals surface area contributed by atoms with Crippen molar-refractivity contribution in [2.45, 2.75) is 59.0 Å². The van der Waals surface area contributed by atoms with Crippen LogP contribution in [0, 0.1) is 12.8 Å². The Morgan fingerprint density at radius 2 is 2.10 bits per heavy atom. The van der Waals surface area contributed by atoms with Crippen LogP contribution in [0.25, 0.3) is 10.2 Å². The second-order valence-corrected chi connectivity index (χ2v) is 9.23. The Morgan fingerprint density at radius 1 is 1.34 bits per heavy atom. The van der Waals surface area contributed by atoms with Crippen molar-refractivity contribution in [1.82, 2.24) is 14.9 Å². The smallest absolute Gasteiger partial charge is 0.262 e. The quantitative estimate of drug-likeness (QED) is 0.688. The highest BCUT2D eigenvalue weighted by Crippen LogP contribution is 2.35. The van der Waals surface area contributed by atoms with Crippen molar-refractivity contribution < 1.29 is 4.79 Å². The highest BCUT2D eigenvalue weighted by molar-refractivity contribution is 7.18. The molecule has 0 spiro atoms. The Hall–Kier alpha value is -2.47. The molecule has 1 aliphatic rings. The van der Waals surface area contributed by atoms with Crippen LogP contribution < -0.4 is 10.9 Å². The lowest BCUT2D eigenvalue weighted by atomic mass is 9.89. The molecule has 1 N–H and O–H groups in total. The number of carbonyl (C=O) groups is 1. The summed E-state index contributed by atoms with van der Waals surface area (Å²) in [6.45, 7) is 6.33. The van der Waals surface area contributed by atoms with E-state index in [1.807, 2.05) is 38.1 Å². The molecule has 0 fully saturated rings. The minimum absolute atomic E-state index is 0.00877. The summed E-state index contributed by atoms with van der Waals surface area (Å²) in [7, 11) is 0. The molecule has 152 valence electrons. The maximum Gasteiger partial charge on any atom is 0.262 e. The number of rotatable bonds is 5. The second kappa shape index (κ2) is 8.11. The molecule has 4 rings (SSSR count). The van der Waals surface area contributed by atoms with Crippen molar-refractivity contribution in [3.05, 3.63) is 62.5 Å². The molecule has 5 nitrogen and oxygen atoms in total. The van der Waals surface area contributed by atoms with Crippen molar-refractivity contribution in [3.8, 4) is 0 Å². The average molecular weight is 410 g/mol. The van der Waals surface area contributed by atoms with Gasteiger partial charge >= 0.3 is 0 Å². The van der Waals surface area contributed by atoms with Gasteiger partial charge in [0.1, 0.15) is 11.4 Å². The average Bonchev–Trinajstić information content (AvgIpc) is 3.07. The molecular formula is C23H27N3O2S. The van der Waals surface area contributed by atoms with Gasteiger partial charge in [0.15, 0.2) is 0 Å². The van der Waals surface area contributed by atoms with Gasteiger partial charge in [-0.05, 0) is 49.7 Å². The van der Waals surface area contributed by atoms with E-state index in [2.05, 4.69) is 17.2 Å². The molecule has 2 aromatic heterocycles. The van der Waals surface area contributed by atoms with E-state index >= 15 is 0 Å². The third-order valence-electron chi connectivity index (χ3n) is 5.82. The number of aryl methyl sites for hydroxylation is 2. The Morgan fingerprint density at radius 3 is 2.83 bits per heavy atom. The van der Waals surface area contributed by atoms with Gasteiger partial charge in [-0.3, -0.25) is 14.2 Å². The monoisotopic (exact) mass is 409 g/mol. The molecule has 6 heteroatoms. The van der Waals surface area contributed by atoms with Gasteiger partial charge in [-0.25, -0.2) is 4.98 Å². The molecule has 2 atom stereocenters. The van der Waals surface area contributed by atoms with E-state index in [0.717, 1.165) is 47.0 Å². The Kier molecular flexibility index (Phi) is 5.54. The van der Waals surface area contributed by atoms with Crippen molar-refractivity contribution in [2.24, 2.45) is 5.92 Å². The van der Waals surface area contributed by atoms with Gasteiger partial charge in [0.25, 0.3) is 5.56 Å². The zero-order valence-electron chi connectivity index (χ0n) is 17.2. The van der Waals surface area contributed by atoms with Crippen LogP contribution in [0.1, 0.15) is 54.3 Å². The number of nitrogens with zero attached hydrogens (tertiary/aromatic N) is 2. The first-order valence-corrected chi connectivity index (χ1v) is 11.1. The normalized spacial score (nSPS) is 17.1. The molecular weight excluding hydrogens is 382 g/mol. The van der Waals surface area contributed by atoms with Crippen LogP contribution in [0.3, 0.4) is 0 Å². The molecule has 0 radical (unpaired) electrons. The van der Waals surface area contributed by atoms with E-state index in [1.54, 1.807) is 11.3 Å². The summed E-state index contributed by atoms with van der Waals surface area (Å²) in [5.74, 6) is 0.481. The largest absolute Gasteiger partial charge is 0.348 e. The number of amides is 1. The van der Waals surface area contributed by atoms with Crippen LogP contribution in [0.15, 0.2) is 35.4 Å². The summed E-state index contributed by atoms with van der Waals surface area (Å²) < 4.78 is 1.45. The van der Waals surface area contributed by atoms with Gasteiger partial charge < -0.3 is 5.32 Å². The fourth-order valence-corrected chi connectivity index (χ4v) is 5.43. The number of thiophene rings is 1. The number of nitrogens with one attached hydrogen (secondary N) is 1. The van der Waals surface area contributed by atoms with Crippen LogP contribution in [0.4, 0.5) is 0 Å². The maximum absolute atomic E-state index is 13.1. The number of aromatic nitrogens is 2. The zero-order chi connectivity index (χ0) is 20.5. The minimum atomic E-state index is -0.168. The van der Waals surface area contributed by atoms with Crippen LogP contribution in [0.2, 0.25) is 0 Å². The van der Waals surface area contributed by atoms with E-state index in [4.69, 9.17) is 0 Å². The van der Waals surface area contributed by atoms with Crippen molar-refractivity contribution >= 4 is 27.5 Å². The number of carbonyl (C=O) groups excluding carboxylic acids is 1. The second-order valence-electron chi connectivity index (χ2n) is 8.15. The molecule has 0 bridgehead atoms. The molecule has 0 unspecified atom stereocenters. The molecule has 1 aliphatic carbocycles. The van der Waals surface area contributed by atoms with E-state index in [9.17, 15) is 9.59 Å². The molecule has 1 amide bonds. The number of fused-ring (bicyclic) bond motifs is 3.